The van der Waals surface area contributed by atoms with E-state index in [1.165, 1.54) is 5.56 Å². The summed E-state index contributed by atoms with van der Waals surface area (Å²) in [5, 5.41) is 4.24. The van der Waals surface area contributed by atoms with E-state index in [1.54, 1.807) is 0 Å². The number of ether oxygens (including phenoxy) is 14. The Morgan fingerprint density at radius 1 is 0.295 bits per heavy atom. The molecule has 10 aromatic rings. The molecule has 8 bridgehead atoms. The van der Waals surface area contributed by atoms with E-state index in [0.29, 0.717) is 159 Å². The molecule has 0 amide bonds. The zero-order valence-corrected chi connectivity index (χ0v) is 55.0. The monoisotopic (exact) mass is 1340 g/mol. The van der Waals surface area contributed by atoms with E-state index >= 15 is 0 Å². The maximum atomic E-state index is 5.88. The molecule has 4 aromatic heterocycles. The quantitative estimate of drug-likeness (QED) is 0.0342. The molecule has 0 N–H and O–H groups in total. The summed E-state index contributed by atoms with van der Waals surface area (Å²) in [4.78, 5) is 19.8. The SMILES string of the molecule is C1=C\COCCOCCOCCOc2ccc(cc2)-c2ccc3ccc4ccc(nc4c3n2)-c2ccc(cc2)OCCOCCOCCOC/1.Cc1ccc(OCCOCCOCCOCCOCCOc2ccc(-c3ccc4ccc5ccc(C)nc5c4n3)cc2)cc1.[Cu]. The van der Waals surface area contributed by atoms with Crippen LogP contribution in [-0.2, 0) is 64.4 Å². The van der Waals surface area contributed by atoms with E-state index in [1.807, 2.05) is 140 Å². The first kappa shape index (κ1) is 71.3. The largest absolute Gasteiger partial charge is 0.491 e. The number of fused-ring (bicyclic) bond motifs is 5. The molecule has 503 valence electrons. The number of nitrogens with zero attached hydrogens (tertiary/aromatic N) is 4. The Hall–Kier alpha value is -7.98. The second-order valence-electron chi connectivity index (χ2n) is 21.8. The average Bonchev–Trinajstić information content (AvgIpc) is 0.788. The molecule has 0 saturated heterocycles. The van der Waals surface area contributed by atoms with Gasteiger partial charge in [0.2, 0.25) is 0 Å². The van der Waals surface area contributed by atoms with Crippen LogP contribution in [0.15, 0.2) is 182 Å². The molecule has 3 aliphatic heterocycles. The van der Waals surface area contributed by atoms with Gasteiger partial charge in [-0.15, -0.1) is 0 Å². The second-order valence-corrected chi connectivity index (χ2v) is 21.8. The van der Waals surface area contributed by atoms with Gasteiger partial charge in [-0.1, -0.05) is 78.4 Å². The zero-order chi connectivity index (χ0) is 64.5. The third-order valence-corrected chi connectivity index (χ3v) is 14.8. The number of rotatable bonds is 18. The van der Waals surface area contributed by atoms with Crippen LogP contribution >= 0.6 is 0 Å². The molecule has 0 aliphatic carbocycles. The first-order valence-electron chi connectivity index (χ1n) is 32.2. The summed E-state index contributed by atoms with van der Waals surface area (Å²) in [6.07, 6.45) is 3.87. The number of aromatic nitrogens is 4. The normalized spacial score (nSPS) is 14.5. The Labute approximate surface area is 566 Å². The van der Waals surface area contributed by atoms with Crippen molar-refractivity contribution in [1.29, 1.82) is 0 Å². The van der Waals surface area contributed by atoms with Crippen molar-refractivity contribution in [3.63, 3.8) is 0 Å². The van der Waals surface area contributed by atoms with Gasteiger partial charge >= 0.3 is 0 Å². The van der Waals surface area contributed by atoms with E-state index in [2.05, 4.69) is 55.5 Å². The fraction of sp³-hybridized carbons (Fsp3) is 0.342. The molecule has 13 rings (SSSR count). The Balaban J connectivity index is 0.000000223. The molecule has 0 spiro atoms. The minimum Gasteiger partial charge on any atom is -0.491 e. The summed E-state index contributed by atoms with van der Waals surface area (Å²) in [7, 11) is 0. The van der Waals surface area contributed by atoms with Crippen molar-refractivity contribution in [2.24, 2.45) is 0 Å². The van der Waals surface area contributed by atoms with Crippen LogP contribution < -0.4 is 18.9 Å². The van der Waals surface area contributed by atoms with Gasteiger partial charge in [0, 0.05) is 61.0 Å². The summed E-state index contributed by atoms with van der Waals surface area (Å²) in [5.41, 5.74) is 11.4. The van der Waals surface area contributed by atoms with Gasteiger partial charge in [0.15, 0.2) is 0 Å². The number of hydrogen-bond donors (Lipinski definition) is 0. The fourth-order valence-corrected chi connectivity index (χ4v) is 9.87. The summed E-state index contributed by atoms with van der Waals surface area (Å²) in [6, 6.07) is 56.8. The summed E-state index contributed by atoms with van der Waals surface area (Å²) < 4.78 is 78.9. The van der Waals surface area contributed by atoms with Crippen LogP contribution in [0.1, 0.15) is 11.3 Å². The Morgan fingerprint density at radius 3 is 0.968 bits per heavy atom. The van der Waals surface area contributed by atoms with E-state index in [-0.39, 0.29) is 17.1 Å². The van der Waals surface area contributed by atoms with Crippen LogP contribution in [0.4, 0.5) is 0 Å². The maximum absolute atomic E-state index is 5.88. The van der Waals surface area contributed by atoms with Crippen molar-refractivity contribution in [2.75, 3.05) is 159 Å². The van der Waals surface area contributed by atoms with Crippen LogP contribution in [0.25, 0.3) is 77.4 Å². The minimum absolute atomic E-state index is 0. The van der Waals surface area contributed by atoms with Gasteiger partial charge < -0.3 is 66.3 Å². The fourth-order valence-electron chi connectivity index (χ4n) is 9.87. The van der Waals surface area contributed by atoms with Crippen LogP contribution in [0.2, 0.25) is 0 Å². The van der Waals surface area contributed by atoms with Crippen molar-refractivity contribution in [2.45, 2.75) is 13.8 Å². The van der Waals surface area contributed by atoms with Gasteiger partial charge in [0.05, 0.1) is 171 Å². The van der Waals surface area contributed by atoms with Gasteiger partial charge in [-0.3, -0.25) is 4.98 Å². The predicted molar refractivity (Wildman–Crippen MR) is 366 cm³/mol. The standard InChI is InChI=1S/C40H44N2O8.C36H40N2O6.Cu/c1-2-18-44-20-22-46-24-26-48-28-30-50-36-13-7-32(8-14-36)38-16-10-34-4-3-33-9-15-37(41-39(33)40(34)42-38)31-5-11-35(12-6-31)49-29-27-47-25-23-45-21-19-43-17-1;1-27-3-12-32(13-4-27)43-25-23-41-21-19-39-17-18-40-20-22-42-24-26-44-33-14-9-29(10-15-33)34-16-11-31-8-7-30-6-5-28(2)37-35(30)36(31)38-34;/h1-16H,17-30H2;3-16H,17-26H2,1-2H3;/b2-1-;;. The molecule has 0 unspecified atom stereocenters. The topological polar surface area (TPSA) is 181 Å². The van der Waals surface area contributed by atoms with Gasteiger partial charge in [-0.05, 0) is 123 Å². The number of benzene rings is 6. The van der Waals surface area contributed by atoms with Crippen LogP contribution in [0.5, 0.6) is 23.0 Å². The zero-order valence-electron chi connectivity index (χ0n) is 54.1. The third kappa shape index (κ3) is 23.7. The van der Waals surface area contributed by atoms with Crippen molar-refractivity contribution < 1.29 is 83.4 Å². The van der Waals surface area contributed by atoms with E-state index in [9.17, 15) is 0 Å². The molecule has 6 aromatic carbocycles. The molecule has 0 saturated carbocycles. The van der Waals surface area contributed by atoms with Gasteiger partial charge in [0.1, 0.15) is 49.4 Å². The summed E-state index contributed by atoms with van der Waals surface area (Å²) in [5.74, 6) is 3.19. The molecule has 18 nitrogen and oxygen atoms in total. The minimum atomic E-state index is 0. The Kier molecular flexibility index (Phi) is 30.3. The van der Waals surface area contributed by atoms with Gasteiger partial charge in [0.25, 0.3) is 0 Å². The molecule has 3 aliphatic rings. The number of pyridine rings is 4. The van der Waals surface area contributed by atoms with Crippen molar-refractivity contribution >= 4 is 43.6 Å². The molecular weight excluding hydrogens is 1260 g/mol. The number of hydrogen-bond acceptors (Lipinski definition) is 18. The van der Waals surface area contributed by atoms with Gasteiger partial charge in [-0.2, -0.15) is 0 Å². The van der Waals surface area contributed by atoms with Crippen LogP contribution in [0, 0.1) is 13.8 Å². The van der Waals surface area contributed by atoms with Gasteiger partial charge in [-0.25, -0.2) is 15.0 Å². The molecule has 1 radical (unpaired) electrons. The second kappa shape index (κ2) is 40.4. The van der Waals surface area contributed by atoms with Crippen LogP contribution in [0.3, 0.4) is 0 Å². The molecule has 7 heterocycles. The van der Waals surface area contributed by atoms with E-state index in [4.69, 9.17) is 86.3 Å². The molecular formula is C76H84CuN4O14. The number of aryl methyl sites for hydroxylation is 2. The first-order valence-corrected chi connectivity index (χ1v) is 32.2. The van der Waals surface area contributed by atoms with E-state index < -0.39 is 0 Å². The molecule has 0 fully saturated rings. The van der Waals surface area contributed by atoms with Crippen molar-refractivity contribution in [3.8, 4) is 56.8 Å². The van der Waals surface area contributed by atoms with Crippen molar-refractivity contribution in [3.05, 3.63) is 193 Å². The third-order valence-electron chi connectivity index (χ3n) is 14.8. The first-order chi connectivity index (χ1) is 46.5. The van der Waals surface area contributed by atoms with Crippen LogP contribution in [-0.4, -0.2) is 179 Å². The van der Waals surface area contributed by atoms with E-state index in [0.717, 1.165) is 106 Å². The van der Waals surface area contributed by atoms with Crippen molar-refractivity contribution in [1.82, 2.24) is 19.9 Å². The smallest absolute Gasteiger partial charge is 0.119 e. The Morgan fingerprint density at radius 2 is 0.589 bits per heavy atom. The molecule has 95 heavy (non-hydrogen) atoms. The summed E-state index contributed by atoms with van der Waals surface area (Å²) in [6.45, 7) is 16.1. The Bertz CT molecular complexity index is 3750. The maximum Gasteiger partial charge on any atom is 0.119 e. The predicted octanol–water partition coefficient (Wildman–Crippen LogP) is 13.1. The summed E-state index contributed by atoms with van der Waals surface area (Å²) >= 11 is 0. The molecule has 19 heteroatoms. The molecule has 0 atom stereocenters. The average molecular weight is 1340 g/mol.